The molecule has 2 aliphatic rings. The maximum Gasteiger partial charge on any atom is 0.273 e. The van der Waals surface area contributed by atoms with Gasteiger partial charge in [0.2, 0.25) is 11.7 Å². The fraction of sp³-hybridized carbons (Fsp3) is 0.444. The second kappa shape index (κ2) is 11.9. The fourth-order valence-corrected chi connectivity index (χ4v) is 6.03. The molecule has 2 aromatic heterocycles. The van der Waals surface area contributed by atoms with Gasteiger partial charge in [0.25, 0.3) is 11.8 Å². The molecule has 0 atom stereocenters. The molecule has 2 fully saturated rings. The molecular weight excluding hydrogens is 520 g/mol. The lowest BCUT2D eigenvalue weighted by molar-refractivity contribution is 0.0708. The van der Waals surface area contributed by atoms with E-state index in [0.717, 1.165) is 17.8 Å². The van der Waals surface area contributed by atoms with Gasteiger partial charge in [0.1, 0.15) is 5.69 Å². The zero-order valence-corrected chi connectivity index (χ0v) is 23.1. The van der Waals surface area contributed by atoms with Gasteiger partial charge in [0, 0.05) is 63.0 Å². The second-order valence-corrected chi connectivity index (χ2v) is 10.2. The molecule has 2 amide bonds. The summed E-state index contributed by atoms with van der Waals surface area (Å²) < 4.78 is 16.3. The third-order valence-corrected chi connectivity index (χ3v) is 8.22. The zero-order chi connectivity index (χ0) is 27.4. The number of aromatic nitrogens is 3. The number of piperidine rings is 1. The molecular formula is C27H32N6O5S. The lowest BCUT2D eigenvalue weighted by atomic mass is 9.96. The summed E-state index contributed by atoms with van der Waals surface area (Å²) in [7, 11) is 4.58. The molecule has 2 saturated heterocycles. The number of amides is 2. The van der Waals surface area contributed by atoms with Crippen molar-refractivity contribution in [2.24, 2.45) is 0 Å². The van der Waals surface area contributed by atoms with Gasteiger partial charge >= 0.3 is 0 Å². The van der Waals surface area contributed by atoms with E-state index in [0.29, 0.717) is 73.7 Å². The Bertz CT molecular complexity index is 1300. The standard InChI is InChI=1S/C27H32N6O5S/c1-36-21-6-5-19(22(37-2)23(21)38-3)25(34)31-11-7-18(8-12-31)24-30-20(17-39-24)26(35)32-13-15-33(16-14-32)27-28-9-4-10-29-27/h4-6,9-10,17-18H,7-8,11-16H2,1-3H3. The number of benzene rings is 1. The number of carbonyl (C=O) groups excluding carboxylic acids is 2. The van der Waals surface area contributed by atoms with Gasteiger partial charge in [-0.15, -0.1) is 11.3 Å². The van der Waals surface area contributed by atoms with E-state index < -0.39 is 0 Å². The van der Waals surface area contributed by atoms with Crippen molar-refractivity contribution in [3.8, 4) is 17.2 Å². The van der Waals surface area contributed by atoms with Gasteiger partial charge in [-0.3, -0.25) is 9.59 Å². The minimum atomic E-state index is -0.110. The first-order valence-electron chi connectivity index (χ1n) is 12.9. The Morgan fingerprint density at radius 3 is 2.15 bits per heavy atom. The number of likely N-dealkylation sites (tertiary alicyclic amines) is 1. The highest BCUT2D eigenvalue weighted by atomic mass is 32.1. The van der Waals surface area contributed by atoms with Crippen LogP contribution in [-0.4, -0.2) is 97.2 Å². The van der Waals surface area contributed by atoms with E-state index in [1.165, 1.54) is 25.6 Å². The quantitative estimate of drug-likeness (QED) is 0.437. The van der Waals surface area contributed by atoms with E-state index >= 15 is 0 Å². The van der Waals surface area contributed by atoms with Gasteiger partial charge < -0.3 is 28.9 Å². The first kappa shape index (κ1) is 26.7. The maximum atomic E-state index is 13.3. The zero-order valence-electron chi connectivity index (χ0n) is 22.3. The molecule has 0 N–H and O–H groups in total. The first-order valence-corrected chi connectivity index (χ1v) is 13.8. The van der Waals surface area contributed by atoms with E-state index in [9.17, 15) is 9.59 Å². The summed E-state index contributed by atoms with van der Waals surface area (Å²) in [5.41, 5.74) is 0.933. The van der Waals surface area contributed by atoms with Crippen LogP contribution in [0.2, 0.25) is 0 Å². The first-order chi connectivity index (χ1) is 19.0. The summed E-state index contributed by atoms with van der Waals surface area (Å²) in [6, 6.07) is 5.21. The predicted octanol–water partition coefficient (Wildman–Crippen LogP) is 2.94. The second-order valence-electron chi connectivity index (χ2n) is 9.35. The molecule has 1 aromatic carbocycles. The summed E-state index contributed by atoms with van der Waals surface area (Å²) in [5, 5.41) is 2.81. The van der Waals surface area contributed by atoms with Crippen molar-refractivity contribution in [1.29, 1.82) is 0 Å². The van der Waals surface area contributed by atoms with Crippen LogP contribution in [0, 0.1) is 0 Å². The fourth-order valence-electron chi connectivity index (χ4n) is 5.07. The van der Waals surface area contributed by atoms with Crippen LogP contribution in [-0.2, 0) is 0 Å². The molecule has 0 bridgehead atoms. The van der Waals surface area contributed by atoms with Crippen molar-refractivity contribution >= 4 is 29.1 Å². The number of carbonyl (C=O) groups is 2. The number of methoxy groups -OCH3 is 3. The summed E-state index contributed by atoms with van der Waals surface area (Å²) in [6.45, 7) is 3.75. The van der Waals surface area contributed by atoms with Crippen LogP contribution in [0.25, 0.3) is 0 Å². The number of anilines is 1. The van der Waals surface area contributed by atoms with Crippen LogP contribution in [0.15, 0.2) is 36.0 Å². The van der Waals surface area contributed by atoms with Crippen LogP contribution in [0.4, 0.5) is 5.95 Å². The molecule has 206 valence electrons. The van der Waals surface area contributed by atoms with Crippen LogP contribution < -0.4 is 19.1 Å². The molecule has 11 nitrogen and oxygen atoms in total. The van der Waals surface area contributed by atoms with E-state index in [1.54, 1.807) is 37.7 Å². The molecule has 4 heterocycles. The van der Waals surface area contributed by atoms with E-state index in [1.807, 2.05) is 15.2 Å². The average molecular weight is 553 g/mol. The van der Waals surface area contributed by atoms with E-state index in [4.69, 9.17) is 19.2 Å². The van der Waals surface area contributed by atoms with Gasteiger partial charge in [0.15, 0.2) is 11.5 Å². The van der Waals surface area contributed by atoms with E-state index in [2.05, 4.69) is 14.9 Å². The topological polar surface area (TPSA) is 110 Å². The Kier molecular flexibility index (Phi) is 8.10. The van der Waals surface area contributed by atoms with Crippen LogP contribution >= 0.6 is 11.3 Å². The third-order valence-electron chi connectivity index (χ3n) is 7.21. The molecule has 0 spiro atoms. The minimum Gasteiger partial charge on any atom is -0.493 e. The molecule has 0 unspecified atom stereocenters. The highest BCUT2D eigenvalue weighted by Gasteiger charge is 2.31. The van der Waals surface area contributed by atoms with Gasteiger partial charge in [-0.05, 0) is 31.0 Å². The number of rotatable bonds is 7. The monoisotopic (exact) mass is 552 g/mol. The van der Waals surface area contributed by atoms with Crippen molar-refractivity contribution in [2.45, 2.75) is 18.8 Å². The van der Waals surface area contributed by atoms with E-state index in [-0.39, 0.29) is 17.7 Å². The molecule has 0 aliphatic carbocycles. The van der Waals surface area contributed by atoms with Gasteiger partial charge in [-0.25, -0.2) is 15.0 Å². The minimum absolute atomic E-state index is 0.0423. The van der Waals surface area contributed by atoms with Crippen molar-refractivity contribution in [3.63, 3.8) is 0 Å². The molecule has 5 rings (SSSR count). The molecule has 12 heteroatoms. The number of hydrogen-bond acceptors (Lipinski definition) is 10. The number of piperazine rings is 1. The van der Waals surface area contributed by atoms with Gasteiger partial charge in [0.05, 0.1) is 31.9 Å². The smallest absolute Gasteiger partial charge is 0.273 e. The number of nitrogens with zero attached hydrogens (tertiary/aromatic N) is 6. The molecule has 3 aromatic rings. The Balaban J connectivity index is 1.18. The number of hydrogen-bond donors (Lipinski definition) is 0. The van der Waals surface area contributed by atoms with Crippen molar-refractivity contribution in [3.05, 3.63) is 52.2 Å². The largest absolute Gasteiger partial charge is 0.493 e. The lowest BCUT2D eigenvalue weighted by Crippen LogP contribution is -2.49. The Morgan fingerprint density at radius 2 is 1.51 bits per heavy atom. The maximum absolute atomic E-state index is 13.3. The number of ether oxygens (including phenoxy) is 3. The molecule has 2 aliphatic heterocycles. The van der Waals surface area contributed by atoms with Gasteiger partial charge in [-0.2, -0.15) is 0 Å². The molecule has 0 radical (unpaired) electrons. The van der Waals surface area contributed by atoms with Crippen molar-refractivity contribution < 1.29 is 23.8 Å². The predicted molar refractivity (Wildman–Crippen MR) is 146 cm³/mol. The molecule has 0 saturated carbocycles. The van der Waals surface area contributed by atoms with Crippen molar-refractivity contribution in [1.82, 2.24) is 24.8 Å². The summed E-state index contributed by atoms with van der Waals surface area (Å²) in [6.07, 6.45) is 5.00. The lowest BCUT2D eigenvalue weighted by Gasteiger charge is -2.34. The Hall–Kier alpha value is -3.93. The summed E-state index contributed by atoms with van der Waals surface area (Å²) in [5.74, 6) is 2.01. The van der Waals surface area contributed by atoms with Crippen LogP contribution in [0.3, 0.4) is 0 Å². The van der Waals surface area contributed by atoms with Crippen molar-refractivity contribution in [2.75, 3.05) is 65.5 Å². The highest BCUT2D eigenvalue weighted by molar-refractivity contribution is 7.09. The summed E-state index contributed by atoms with van der Waals surface area (Å²) >= 11 is 1.52. The van der Waals surface area contributed by atoms with Gasteiger partial charge in [-0.1, -0.05) is 0 Å². The SMILES string of the molecule is COc1ccc(C(=O)N2CCC(c3nc(C(=O)N4CCN(c5ncccn5)CC4)cs3)CC2)c(OC)c1OC. The number of thiazole rings is 1. The Morgan fingerprint density at radius 1 is 0.846 bits per heavy atom. The highest BCUT2D eigenvalue weighted by Crippen LogP contribution is 2.41. The third kappa shape index (κ3) is 5.47. The molecule has 39 heavy (non-hydrogen) atoms. The normalized spacial score (nSPS) is 16.2. The summed E-state index contributed by atoms with van der Waals surface area (Å²) in [4.78, 5) is 45.6. The van der Waals surface area contributed by atoms with Crippen LogP contribution in [0.5, 0.6) is 17.2 Å². The van der Waals surface area contributed by atoms with Crippen LogP contribution in [0.1, 0.15) is 44.6 Å². The average Bonchev–Trinajstić information content (AvgIpc) is 3.50. The Labute approximate surface area is 231 Å².